The van der Waals surface area contributed by atoms with Gasteiger partial charge in [-0.15, -0.1) is 0 Å². The third kappa shape index (κ3) is 12.1. The van der Waals surface area contributed by atoms with Crippen molar-refractivity contribution in [2.45, 2.75) is 18.9 Å². The second-order valence-corrected chi connectivity index (χ2v) is 6.04. The Balaban J connectivity index is 2.66. The number of ether oxygens (including phenoxy) is 3. The molecule has 1 rings (SSSR count). The number of rotatable bonds is 12. The normalized spacial score (nSPS) is 10.9. The molecule has 0 aliphatic heterocycles. The summed E-state index contributed by atoms with van der Waals surface area (Å²) in [4.78, 5) is 59.0. The van der Waals surface area contributed by atoms with Gasteiger partial charge in [0.1, 0.15) is 13.2 Å². The van der Waals surface area contributed by atoms with E-state index in [0.717, 1.165) is 0 Å². The monoisotopic (exact) mass is 473 g/mol. The van der Waals surface area contributed by atoms with Crippen molar-refractivity contribution in [3.05, 3.63) is 22.5 Å². The molecule has 1 aromatic heterocycles. The maximum absolute atomic E-state index is 13.6. The Hall–Kier alpha value is -4.44. The summed E-state index contributed by atoms with van der Waals surface area (Å²) < 4.78 is 28.4. The van der Waals surface area contributed by atoms with Crippen LogP contribution >= 0.6 is 0 Å². The summed E-state index contributed by atoms with van der Waals surface area (Å²) in [7, 11) is 0. The van der Waals surface area contributed by atoms with E-state index in [0.29, 0.717) is 6.20 Å². The highest BCUT2D eigenvalue weighted by molar-refractivity contribution is 5.83. The molecule has 1 amide bonds. The van der Waals surface area contributed by atoms with E-state index in [1.54, 1.807) is 0 Å². The van der Waals surface area contributed by atoms with Crippen molar-refractivity contribution < 1.29 is 33.0 Å². The number of hydrogen-bond acceptors (Lipinski definition) is 10. The number of esters is 2. The molecule has 1 heterocycles. The number of guanidine groups is 2. The first-order valence-electron chi connectivity index (χ1n) is 9.21. The highest BCUT2D eigenvalue weighted by Crippen LogP contribution is 2.07. The van der Waals surface area contributed by atoms with Crippen molar-refractivity contribution in [2.24, 2.45) is 32.9 Å². The first-order chi connectivity index (χ1) is 15.6. The van der Waals surface area contributed by atoms with Crippen molar-refractivity contribution in [1.29, 1.82) is 0 Å². The molecule has 182 valence electrons. The van der Waals surface area contributed by atoms with Gasteiger partial charge in [-0.1, -0.05) is 0 Å². The van der Waals surface area contributed by atoms with Crippen LogP contribution in [0.5, 0.6) is 0 Å². The third-order valence-corrected chi connectivity index (χ3v) is 3.34. The molecule has 33 heavy (non-hydrogen) atoms. The molecule has 0 saturated carbocycles. The molecule has 0 aromatic carbocycles. The van der Waals surface area contributed by atoms with Crippen LogP contribution in [0.25, 0.3) is 0 Å². The zero-order chi connectivity index (χ0) is 24.8. The molecule has 0 bridgehead atoms. The standard InChI is InChI=1S/C16H24FN9O7/c17-9-5-24-15(29)25-12(9)26-16(30)32-7-8(33-11(28)2-4-23-14(20)21)6-31-10(27)1-3-22-13(18)19/h5,8H,1-4,6-7H2,(H4,18,19,22)(H4,20,21,23)(H2,24,25,26,29,30). The molecule has 1 unspecified atom stereocenters. The Morgan fingerprint density at radius 2 is 1.61 bits per heavy atom. The van der Waals surface area contributed by atoms with E-state index in [9.17, 15) is 23.6 Å². The summed E-state index contributed by atoms with van der Waals surface area (Å²) in [5, 5.41) is 1.95. The number of H-pyrrole nitrogens is 1. The van der Waals surface area contributed by atoms with Gasteiger partial charge in [0.05, 0.1) is 32.1 Å². The van der Waals surface area contributed by atoms with Gasteiger partial charge in [-0.05, 0) is 0 Å². The van der Waals surface area contributed by atoms with E-state index in [4.69, 9.17) is 37.1 Å². The lowest BCUT2D eigenvalue weighted by Gasteiger charge is -2.18. The van der Waals surface area contributed by atoms with E-state index in [1.165, 1.54) is 0 Å². The molecule has 0 radical (unpaired) electrons. The second-order valence-electron chi connectivity index (χ2n) is 6.04. The molecule has 0 aliphatic carbocycles. The SMILES string of the molecule is NC(N)=NCCC(=O)OCC(COC(=O)Nc1[nH]c(=O)ncc1F)OC(=O)CCN=C(N)N. The summed E-state index contributed by atoms with van der Waals surface area (Å²) in [5.74, 6) is -3.55. The number of amides is 1. The average molecular weight is 473 g/mol. The van der Waals surface area contributed by atoms with E-state index < -0.39 is 54.7 Å². The molecule has 17 heteroatoms. The van der Waals surface area contributed by atoms with E-state index in [2.05, 4.69) is 15.0 Å². The van der Waals surface area contributed by atoms with Gasteiger partial charge in [0.15, 0.2) is 29.7 Å². The smallest absolute Gasteiger partial charge is 0.412 e. The topological polar surface area (TPSA) is 265 Å². The molecule has 0 fully saturated rings. The zero-order valence-corrected chi connectivity index (χ0v) is 17.3. The first-order valence-corrected chi connectivity index (χ1v) is 9.21. The number of carbonyl (C=O) groups is 3. The predicted octanol–water partition coefficient (Wildman–Crippen LogP) is -2.76. The van der Waals surface area contributed by atoms with Crippen molar-refractivity contribution in [1.82, 2.24) is 9.97 Å². The number of halogens is 1. The van der Waals surface area contributed by atoms with Crippen LogP contribution in [0.1, 0.15) is 12.8 Å². The summed E-state index contributed by atoms with van der Waals surface area (Å²) in [6.45, 7) is -1.17. The van der Waals surface area contributed by atoms with E-state index in [1.807, 2.05) is 10.3 Å². The molecule has 1 aromatic rings. The fourth-order valence-electron chi connectivity index (χ4n) is 1.95. The summed E-state index contributed by atoms with van der Waals surface area (Å²) in [6, 6.07) is 0. The average Bonchev–Trinajstić information content (AvgIpc) is 2.72. The third-order valence-electron chi connectivity index (χ3n) is 3.34. The van der Waals surface area contributed by atoms with Crippen molar-refractivity contribution in [2.75, 3.05) is 31.6 Å². The molecular formula is C16H24FN9O7. The van der Waals surface area contributed by atoms with Crippen LogP contribution in [0.2, 0.25) is 0 Å². The van der Waals surface area contributed by atoms with Gasteiger partial charge in [-0.25, -0.2) is 14.0 Å². The predicted molar refractivity (Wildman–Crippen MR) is 111 cm³/mol. The van der Waals surface area contributed by atoms with Crippen LogP contribution in [0.15, 0.2) is 21.0 Å². The molecule has 16 nitrogen and oxygen atoms in total. The van der Waals surface area contributed by atoms with Gasteiger partial charge in [0.2, 0.25) is 0 Å². The molecule has 0 spiro atoms. The van der Waals surface area contributed by atoms with E-state index in [-0.39, 0.29) is 37.9 Å². The van der Waals surface area contributed by atoms with Crippen LogP contribution in [0.4, 0.5) is 15.0 Å². The largest absolute Gasteiger partial charge is 0.462 e. The first kappa shape index (κ1) is 26.6. The number of aromatic nitrogens is 2. The molecule has 0 aliphatic rings. The maximum atomic E-state index is 13.6. The minimum Gasteiger partial charge on any atom is -0.462 e. The summed E-state index contributed by atoms with van der Waals surface area (Å²) >= 11 is 0. The number of aromatic amines is 1. The molecule has 0 saturated heterocycles. The number of nitrogens with zero attached hydrogens (tertiary/aromatic N) is 3. The Morgan fingerprint density at radius 1 is 1.03 bits per heavy atom. The Kier molecular flexibility index (Phi) is 11.1. The highest BCUT2D eigenvalue weighted by Gasteiger charge is 2.20. The van der Waals surface area contributed by atoms with Gasteiger partial charge >= 0.3 is 23.7 Å². The number of nitrogens with two attached hydrogens (primary N) is 4. The lowest BCUT2D eigenvalue weighted by atomic mass is 10.3. The quantitative estimate of drug-likeness (QED) is 0.0780. The van der Waals surface area contributed by atoms with Gasteiger partial charge in [0, 0.05) is 0 Å². The molecule has 10 N–H and O–H groups in total. The fraction of sp³-hybridized carbons (Fsp3) is 0.438. The minimum atomic E-state index is -1.23. The Labute approximate surface area is 185 Å². The Morgan fingerprint density at radius 3 is 2.21 bits per heavy atom. The van der Waals surface area contributed by atoms with Crippen molar-refractivity contribution in [3.63, 3.8) is 0 Å². The van der Waals surface area contributed by atoms with Gasteiger partial charge < -0.3 is 37.1 Å². The van der Waals surface area contributed by atoms with Gasteiger partial charge in [-0.2, -0.15) is 4.98 Å². The molecule has 1 atom stereocenters. The van der Waals surface area contributed by atoms with Crippen LogP contribution in [-0.2, 0) is 23.8 Å². The van der Waals surface area contributed by atoms with Gasteiger partial charge in [-0.3, -0.25) is 29.9 Å². The fourth-order valence-corrected chi connectivity index (χ4v) is 1.95. The van der Waals surface area contributed by atoms with Crippen molar-refractivity contribution in [3.8, 4) is 0 Å². The summed E-state index contributed by atoms with van der Waals surface area (Å²) in [6.07, 6.45) is -2.22. The Bertz CT molecular complexity index is 942. The van der Waals surface area contributed by atoms with Crippen LogP contribution in [0, 0.1) is 5.82 Å². The van der Waals surface area contributed by atoms with Crippen LogP contribution < -0.4 is 33.9 Å². The van der Waals surface area contributed by atoms with Crippen LogP contribution in [0.3, 0.4) is 0 Å². The number of aliphatic imine (C=N–C) groups is 2. The second kappa shape index (κ2) is 13.8. The number of carbonyl (C=O) groups excluding carboxylic acids is 3. The lowest BCUT2D eigenvalue weighted by molar-refractivity contribution is -0.161. The number of nitrogens with one attached hydrogen (secondary N) is 2. The zero-order valence-electron chi connectivity index (χ0n) is 17.3. The van der Waals surface area contributed by atoms with Crippen LogP contribution in [-0.4, -0.2) is 72.3 Å². The number of hydrogen-bond donors (Lipinski definition) is 6. The molecular weight excluding hydrogens is 449 g/mol. The van der Waals surface area contributed by atoms with Crippen molar-refractivity contribution >= 4 is 35.8 Å². The number of anilines is 1. The van der Waals surface area contributed by atoms with E-state index >= 15 is 0 Å². The lowest BCUT2D eigenvalue weighted by Crippen LogP contribution is -2.32. The van der Waals surface area contributed by atoms with Gasteiger partial charge in [0.25, 0.3) is 0 Å². The highest BCUT2D eigenvalue weighted by atomic mass is 19.1. The maximum Gasteiger partial charge on any atom is 0.412 e. The minimum absolute atomic E-state index is 0.0290. The summed E-state index contributed by atoms with van der Waals surface area (Å²) in [5.41, 5.74) is 19.7.